The molecule has 0 unspecified atom stereocenters. The zero-order chi connectivity index (χ0) is 17.2. The van der Waals surface area contributed by atoms with Crippen molar-refractivity contribution in [2.75, 3.05) is 31.6 Å². The monoisotopic (exact) mass is 344 g/mol. The van der Waals surface area contributed by atoms with Gasteiger partial charge in [-0.1, -0.05) is 6.92 Å². The number of nitrogens with zero attached hydrogens (tertiary/aromatic N) is 5. The average molecular weight is 344 g/mol. The second kappa shape index (κ2) is 7.25. The largest absolute Gasteiger partial charge is 0.377 e. The molecule has 2 fully saturated rings. The maximum absolute atomic E-state index is 5.77. The quantitative estimate of drug-likeness (QED) is 0.894. The number of anilines is 1. The number of aromatic nitrogens is 4. The van der Waals surface area contributed by atoms with Gasteiger partial charge in [0.2, 0.25) is 0 Å². The van der Waals surface area contributed by atoms with Gasteiger partial charge in [0.15, 0.2) is 5.65 Å². The van der Waals surface area contributed by atoms with Crippen LogP contribution in [-0.4, -0.2) is 63.0 Å². The lowest BCUT2D eigenvalue weighted by molar-refractivity contribution is 0.0654. The molecule has 1 atom stereocenters. The number of piperidine rings is 1. The van der Waals surface area contributed by atoms with Crippen LogP contribution in [0.25, 0.3) is 11.0 Å². The van der Waals surface area contributed by atoms with Gasteiger partial charge in [-0.25, -0.2) is 9.97 Å². The molecule has 2 aliphatic heterocycles. The highest BCUT2D eigenvalue weighted by Crippen LogP contribution is 2.24. The second-order valence-corrected chi connectivity index (χ2v) is 7.20. The molecule has 7 heteroatoms. The summed E-state index contributed by atoms with van der Waals surface area (Å²) in [4.78, 5) is 11.9. The fourth-order valence-corrected chi connectivity index (χ4v) is 3.86. The van der Waals surface area contributed by atoms with Crippen molar-refractivity contribution < 1.29 is 4.74 Å². The van der Waals surface area contributed by atoms with E-state index < -0.39 is 0 Å². The van der Waals surface area contributed by atoms with Crippen molar-refractivity contribution in [1.29, 1.82) is 0 Å². The summed E-state index contributed by atoms with van der Waals surface area (Å²) in [6.45, 7) is 6.37. The van der Waals surface area contributed by atoms with Gasteiger partial charge in [-0.3, -0.25) is 4.68 Å². The van der Waals surface area contributed by atoms with Crippen LogP contribution in [0.4, 0.5) is 5.82 Å². The van der Waals surface area contributed by atoms with E-state index >= 15 is 0 Å². The first-order valence-electron chi connectivity index (χ1n) is 9.52. The number of aryl methyl sites for hydroxylation is 2. The number of fused-ring (bicyclic) bond motifs is 1. The van der Waals surface area contributed by atoms with Crippen LogP contribution in [0.2, 0.25) is 0 Å². The van der Waals surface area contributed by atoms with Gasteiger partial charge in [0.05, 0.1) is 17.7 Å². The molecule has 7 nitrogen and oxygen atoms in total. The molecular formula is C18H28N6O. The Labute approximate surface area is 148 Å². The highest BCUT2D eigenvalue weighted by atomic mass is 16.5. The van der Waals surface area contributed by atoms with Gasteiger partial charge < -0.3 is 15.0 Å². The third-order valence-electron chi connectivity index (χ3n) is 5.37. The third kappa shape index (κ3) is 3.62. The fourth-order valence-electron chi connectivity index (χ4n) is 3.86. The van der Waals surface area contributed by atoms with E-state index in [1.54, 1.807) is 0 Å². The molecule has 0 bridgehead atoms. The van der Waals surface area contributed by atoms with Gasteiger partial charge >= 0.3 is 0 Å². The maximum atomic E-state index is 5.77. The number of likely N-dealkylation sites (tertiary alicyclic amines) is 1. The number of ether oxygens (including phenoxy) is 1. The van der Waals surface area contributed by atoms with Crippen molar-refractivity contribution in [3.05, 3.63) is 12.0 Å². The summed E-state index contributed by atoms with van der Waals surface area (Å²) in [5.74, 6) is 1.81. The van der Waals surface area contributed by atoms with Crippen molar-refractivity contribution in [3.63, 3.8) is 0 Å². The predicted molar refractivity (Wildman–Crippen MR) is 97.7 cm³/mol. The van der Waals surface area contributed by atoms with Gasteiger partial charge in [-0.15, -0.1) is 0 Å². The molecule has 0 aromatic carbocycles. The smallest absolute Gasteiger partial charge is 0.163 e. The Kier molecular flexibility index (Phi) is 4.85. The Morgan fingerprint density at radius 2 is 2.08 bits per heavy atom. The van der Waals surface area contributed by atoms with Gasteiger partial charge in [0, 0.05) is 45.8 Å². The van der Waals surface area contributed by atoms with Crippen LogP contribution in [0.5, 0.6) is 0 Å². The summed E-state index contributed by atoms with van der Waals surface area (Å²) < 4.78 is 7.60. The Hall–Kier alpha value is -1.73. The summed E-state index contributed by atoms with van der Waals surface area (Å²) in [6.07, 6.45) is 7.86. The molecule has 2 saturated heterocycles. The summed E-state index contributed by atoms with van der Waals surface area (Å²) in [5, 5.41) is 9.03. The van der Waals surface area contributed by atoms with Crippen LogP contribution >= 0.6 is 0 Å². The van der Waals surface area contributed by atoms with Crippen molar-refractivity contribution >= 4 is 16.9 Å². The molecule has 25 heavy (non-hydrogen) atoms. The molecule has 2 aromatic rings. The first-order valence-corrected chi connectivity index (χ1v) is 9.52. The zero-order valence-corrected chi connectivity index (χ0v) is 15.2. The van der Waals surface area contributed by atoms with E-state index in [0.29, 0.717) is 12.1 Å². The summed E-state index contributed by atoms with van der Waals surface area (Å²) in [6, 6.07) is 0.462. The van der Waals surface area contributed by atoms with Crippen LogP contribution in [0.3, 0.4) is 0 Å². The second-order valence-electron chi connectivity index (χ2n) is 7.20. The highest BCUT2D eigenvalue weighted by molar-refractivity contribution is 5.86. The lowest BCUT2D eigenvalue weighted by Gasteiger charge is -2.33. The van der Waals surface area contributed by atoms with Crippen molar-refractivity contribution in [2.24, 2.45) is 7.05 Å². The molecule has 0 saturated carbocycles. The molecule has 0 aliphatic carbocycles. The van der Waals surface area contributed by atoms with Gasteiger partial charge in [-0.2, -0.15) is 5.10 Å². The number of rotatable bonds is 5. The molecule has 1 N–H and O–H groups in total. The van der Waals surface area contributed by atoms with Crippen LogP contribution in [0.1, 0.15) is 38.4 Å². The third-order valence-corrected chi connectivity index (χ3v) is 5.37. The minimum atomic E-state index is 0.452. The van der Waals surface area contributed by atoms with Crippen LogP contribution < -0.4 is 5.32 Å². The Morgan fingerprint density at radius 1 is 1.24 bits per heavy atom. The molecule has 2 aliphatic rings. The Balaban J connectivity index is 1.40. The van der Waals surface area contributed by atoms with Crippen molar-refractivity contribution in [2.45, 2.75) is 51.2 Å². The summed E-state index contributed by atoms with van der Waals surface area (Å²) in [7, 11) is 1.93. The van der Waals surface area contributed by atoms with E-state index in [-0.39, 0.29) is 0 Å². The van der Waals surface area contributed by atoms with Crippen LogP contribution in [0, 0.1) is 0 Å². The first-order chi connectivity index (χ1) is 12.2. The van der Waals surface area contributed by atoms with E-state index in [1.165, 1.54) is 12.8 Å². The lowest BCUT2D eigenvalue weighted by Crippen LogP contribution is -2.42. The fraction of sp³-hybridized carbons (Fsp3) is 0.722. The SMILES string of the molecule is CCc1nc(NC2CCN(C[C@@H]3CCCO3)CC2)c2cnn(C)c2n1. The minimum Gasteiger partial charge on any atom is -0.377 e. The Bertz CT molecular complexity index is 716. The maximum Gasteiger partial charge on any atom is 0.163 e. The van der Waals surface area contributed by atoms with Crippen LogP contribution in [-0.2, 0) is 18.2 Å². The molecule has 136 valence electrons. The average Bonchev–Trinajstić information content (AvgIpc) is 3.27. The zero-order valence-electron chi connectivity index (χ0n) is 15.2. The topological polar surface area (TPSA) is 68.1 Å². The molecule has 2 aromatic heterocycles. The van der Waals surface area contributed by atoms with E-state index in [9.17, 15) is 0 Å². The van der Waals surface area contributed by atoms with E-state index in [1.807, 2.05) is 17.9 Å². The number of nitrogens with one attached hydrogen (secondary N) is 1. The molecule has 4 heterocycles. The lowest BCUT2D eigenvalue weighted by atomic mass is 10.0. The van der Waals surface area contributed by atoms with Crippen LogP contribution in [0.15, 0.2) is 6.20 Å². The molecular weight excluding hydrogens is 316 g/mol. The molecule has 0 amide bonds. The highest BCUT2D eigenvalue weighted by Gasteiger charge is 2.24. The van der Waals surface area contributed by atoms with Gasteiger partial charge in [0.25, 0.3) is 0 Å². The summed E-state index contributed by atoms with van der Waals surface area (Å²) >= 11 is 0. The first kappa shape index (κ1) is 16.7. The Morgan fingerprint density at radius 3 is 2.80 bits per heavy atom. The summed E-state index contributed by atoms with van der Waals surface area (Å²) in [5.41, 5.74) is 0.908. The van der Waals surface area contributed by atoms with E-state index in [4.69, 9.17) is 9.72 Å². The normalized spacial score (nSPS) is 22.7. The van der Waals surface area contributed by atoms with Gasteiger partial charge in [0.1, 0.15) is 11.6 Å². The van der Waals surface area contributed by atoms with E-state index in [2.05, 4.69) is 27.2 Å². The standard InChI is InChI=1S/C18H28N6O/c1-3-16-21-17(15-11-19-23(2)18(15)22-16)20-13-6-8-24(9-7-13)12-14-5-4-10-25-14/h11,13-14H,3-10,12H2,1-2H3,(H,20,21,22)/t14-/m0/s1. The van der Waals surface area contributed by atoms with Gasteiger partial charge in [-0.05, 0) is 25.7 Å². The number of hydrogen-bond acceptors (Lipinski definition) is 6. The minimum absolute atomic E-state index is 0.452. The number of hydrogen-bond donors (Lipinski definition) is 1. The predicted octanol–water partition coefficient (Wildman–Crippen LogP) is 1.98. The van der Waals surface area contributed by atoms with Crippen molar-refractivity contribution in [3.8, 4) is 0 Å². The van der Waals surface area contributed by atoms with Crippen molar-refractivity contribution in [1.82, 2.24) is 24.6 Å². The molecule has 0 spiro atoms. The molecule has 4 rings (SSSR count). The molecule has 0 radical (unpaired) electrons. The van der Waals surface area contributed by atoms with E-state index in [0.717, 1.165) is 68.2 Å².